The molecule has 2 aliphatic heterocycles. The van der Waals surface area contributed by atoms with Crippen molar-refractivity contribution in [2.75, 3.05) is 5.32 Å². The lowest BCUT2D eigenvalue weighted by Crippen LogP contribution is -2.47. The molecule has 1 aromatic carbocycles. The van der Waals surface area contributed by atoms with Gasteiger partial charge in [-0.15, -0.1) is 11.8 Å². The van der Waals surface area contributed by atoms with Gasteiger partial charge in [-0.05, 0) is 26.0 Å². The summed E-state index contributed by atoms with van der Waals surface area (Å²) in [6, 6.07) is 8.27. The average molecular weight is 220 g/mol. The molecule has 0 aliphatic carbocycles. The fourth-order valence-corrected chi connectivity index (χ4v) is 3.21. The van der Waals surface area contributed by atoms with E-state index in [-0.39, 0.29) is 11.0 Å². The molecule has 3 rings (SSSR count). The standard InChI is InChI=1S/C11H12N2OS/c1-7-10-11(2,14-13-7)12-8-5-3-4-6-9(8)15-10/h3-6,10,12H,1-2H3. The van der Waals surface area contributed by atoms with Crippen molar-refractivity contribution >= 4 is 23.2 Å². The van der Waals surface area contributed by atoms with Gasteiger partial charge in [0.05, 0.1) is 11.4 Å². The molecule has 0 bridgehead atoms. The molecular weight excluding hydrogens is 208 g/mol. The first-order valence-electron chi connectivity index (χ1n) is 4.95. The molecule has 2 heterocycles. The van der Waals surface area contributed by atoms with Gasteiger partial charge in [0.15, 0.2) is 0 Å². The first-order chi connectivity index (χ1) is 7.19. The molecule has 78 valence electrons. The number of hydrogen-bond donors (Lipinski definition) is 1. The molecule has 0 amide bonds. The van der Waals surface area contributed by atoms with Crippen LogP contribution in [-0.4, -0.2) is 16.7 Å². The van der Waals surface area contributed by atoms with Crippen LogP contribution in [0.25, 0.3) is 0 Å². The Balaban J connectivity index is 2.05. The lowest BCUT2D eigenvalue weighted by molar-refractivity contribution is 0.0221. The molecular formula is C11H12N2OS. The van der Waals surface area contributed by atoms with Crippen molar-refractivity contribution in [1.29, 1.82) is 0 Å². The highest BCUT2D eigenvalue weighted by Crippen LogP contribution is 2.45. The summed E-state index contributed by atoms with van der Waals surface area (Å²) in [6.07, 6.45) is 0. The summed E-state index contributed by atoms with van der Waals surface area (Å²) in [6.45, 7) is 4.05. The minimum Gasteiger partial charge on any atom is -0.366 e. The summed E-state index contributed by atoms with van der Waals surface area (Å²) >= 11 is 1.82. The first-order valence-corrected chi connectivity index (χ1v) is 5.83. The molecule has 0 fully saturated rings. The van der Waals surface area contributed by atoms with E-state index >= 15 is 0 Å². The van der Waals surface area contributed by atoms with Gasteiger partial charge in [0.25, 0.3) is 0 Å². The molecule has 4 heteroatoms. The van der Waals surface area contributed by atoms with E-state index in [1.807, 2.05) is 31.7 Å². The number of para-hydroxylation sites is 1. The second kappa shape index (κ2) is 2.92. The van der Waals surface area contributed by atoms with Gasteiger partial charge in [-0.25, -0.2) is 0 Å². The van der Waals surface area contributed by atoms with Crippen LogP contribution in [0.15, 0.2) is 34.3 Å². The normalized spacial score (nSPS) is 32.1. The van der Waals surface area contributed by atoms with E-state index < -0.39 is 0 Å². The van der Waals surface area contributed by atoms with E-state index in [2.05, 4.69) is 28.7 Å². The van der Waals surface area contributed by atoms with Crippen LogP contribution in [0.4, 0.5) is 5.69 Å². The highest BCUT2D eigenvalue weighted by molar-refractivity contribution is 8.01. The molecule has 2 unspecified atom stereocenters. The predicted octanol–water partition coefficient (Wildman–Crippen LogP) is 2.70. The predicted molar refractivity (Wildman–Crippen MR) is 62.3 cm³/mol. The van der Waals surface area contributed by atoms with Crippen LogP contribution in [0.3, 0.4) is 0 Å². The average Bonchev–Trinajstić information content (AvgIpc) is 2.52. The van der Waals surface area contributed by atoms with Gasteiger partial charge < -0.3 is 10.2 Å². The molecule has 1 N–H and O–H groups in total. The maximum atomic E-state index is 5.47. The van der Waals surface area contributed by atoms with Crippen molar-refractivity contribution in [2.24, 2.45) is 5.16 Å². The zero-order valence-corrected chi connectivity index (χ0v) is 9.47. The van der Waals surface area contributed by atoms with Gasteiger partial charge in [0.1, 0.15) is 5.25 Å². The Kier molecular flexibility index (Phi) is 1.77. The number of oxime groups is 1. The number of thioether (sulfide) groups is 1. The second-order valence-electron chi connectivity index (χ2n) is 4.05. The number of hydrogen-bond acceptors (Lipinski definition) is 4. The zero-order valence-electron chi connectivity index (χ0n) is 8.65. The Labute approximate surface area is 92.9 Å². The Hall–Kier alpha value is -1.16. The maximum Gasteiger partial charge on any atom is 0.222 e. The molecule has 15 heavy (non-hydrogen) atoms. The van der Waals surface area contributed by atoms with E-state index in [1.165, 1.54) is 4.90 Å². The number of fused-ring (bicyclic) bond motifs is 2. The number of benzene rings is 1. The van der Waals surface area contributed by atoms with Gasteiger partial charge in [0, 0.05) is 4.90 Å². The SMILES string of the molecule is CC1=NOC2(C)Nc3ccccc3SC12. The molecule has 0 saturated carbocycles. The van der Waals surface area contributed by atoms with E-state index in [0.717, 1.165) is 11.4 Å². The minimum absolute atomic E-state index is 0.271. The Morgan fingerprint density at radius 2 is 2.27 bits per heavy atom. The van der Waals surface area contributed by atoms with Crippen molar-refractivity contribution in [1.82, 2.24) is 0 Å². The molecule has 0 aromatic heterocycles. The number of nitrogens with one attached hydrogen (secondary N) is 1. The largest absolute Gasteiger partial charge is 0.366 e. The van der Waals surface area contributed by atoms with E-state index in [4.69, 9.17) is 4.84 Å². The van der Waals surface area contributed by atoms with Gasteiger partial charge >= 0.3 is 0 Å². The summed E-state index contributed by atoms with van der Waals surface area (Å²) in [5.41, 5.74) is 1.79. The summed E-state index contributed by atoms with van der Waals surface area (Å²) < 4.78 is 0. The van der Waals surface area contributed by atoms with Gasteiger partial charge in [0.2, 0.25) is 5.72 Å². The third kappa shape index (κ3) is 1.24. The topological polar surface area (TPSA) is 33.6 Å². The fraction of sp³-hybridized carbons (Fsp3) is 0.364. The van der Waals surface area contributed by atoms with Crippen LogP contribution in [0.2, 0.25) is 0 Å². The number of rotatable bonds is 0. The van der Waals surface area contributed by atoms with E-state index in [0.29, 0.717) is 0 Å². The monoisotopic (exact) mass is 220 g/mol. The molecule has 0 saturated heterocycles. The van der Waals surface area contributed by atoms with Gasteiger partial charge in [-0.1, -0.05) is 17.3 Å². The van der Waals surface area contributed by atoms with Crippen LogP contribution < -0.4 is 5.32 Å². The first kappa shape index (κ1) is 9.09. The molecule has 3 nitrogen and oxygen atoms in total. The Bertz CT molecular complexity index is 446. The van der Waals surface area contributed by atoms with Crippen molar-refractivity contribution < 1.29 is 4.84 Å². The third-order valence-corrected chi connectivity index (χ3v) is 4.41. The van der Waals surface area contributed by atoms with Crippen LogP contribution in [0.5, 0.6) is 0 Å². The van der Waals surface area contributed by atoms with Crippen molar-refractivity contribution in [3.63, 3.8) is 0 Å². The summed E-state index contributed by atoms with van der Waals surface area (Å²) in [5.74, 6) is 0. The van der Waals surface area contributed by atoms with E-state index in [1.54, 1.807) is 0 Å². The Morgan fingerprint density at radius 3 is 3.13 bits per heavy atom. The zero-order chi connectivity index (χ0) is 10.5. The fourth-order valence-electron chi connectivity index (χ4n) is 2.01. The highest BCUT2D eigenvalue weighted by atomic mass is 32.2. The number of nitrogens with zero attached hydrogens (tertiary/aromatic N) is 1. The lowest BCUT2D eigenvalue weighted by atomic mass is 10.1. The van der Waals surface area contributed by atoms with Crippen molar-refractivity contribution in [3.05, 3.63) is 24.3 Å². The van der Waals surface area contributed by atoms with Crippen molar-refractivity contribution in [3.8, 4) is 0 Å². The van der Waals surface area contributed by atoms with Gasteiger partial charge in [-0.3, -0.25) is 0 Å². The van der Waals surface area contributed by atoms with Crippen LogP contribution in [0.1, 0.15) is 13.8 Å². The quantitative estimate of drug-likeness (QED) is 0.730. The summed E-state index contributed by atoms with van der Waals surface area (Å²) in [7, 11) is 0. The second-order valence-corrected chi connectivity index (χ2v) is 5.20. The van der Waals surface area contributed by atoms with Crippen molar-refractivity contribution in [2.45, 2.75) is 29.7 Å². The minimum atomic E-state index is -0.386. The van der Waals surface area contributed by atoms with E-state index in [9.17, 15) is 0 Å². The highest BCUT2D eigenvalue weighted by Gasteiger charge is 2.47. The molecule has 0 radical (unpaired) electrons. The molecule has 0 spiro atoms. The maximum absolute atomic E-state index is 5.47. The smallest absolute Gasteiger partial charge is 0.222 e. The van der Waals surface area contributed by atoms with Crippen LogP contribution >= 0.6 is 11.8 Å². The summed E-state index contributed by atoms with van der Waals surface area (Å²) in [4.78, 5) is 6.73. The lowest BCUT2D eigenvalue weighted by Gasteiger charge is -2.35. The number of anilines is 1. The Morgan fingerprint density at radius 1 is 1.47 bits per heavy atom. The van der Waals surface area contributed by atoms with Crippen LogP contribution in [0, 0.1) is 0 Å². The molecule has 1 aromatic rings. The van der Waals surface area contributed by atoms with Gasteiger partial charge in [-0.2, -0.15) is 0 Å². The summed E-state index contributed by atoms with van der Waals surface area (Å²) in [5, 5.41) is 7.75. The van der Waals surface area contributed by atoms with Crippen LogP contribution in [-0.2, 0) is 4.84 Å². The molecule has 2 atom stereocenters. The molecule has 2 aliphatic rings. The third-order valence-electron chi connectivity index (χ3n) is 2.77.